The number of sulfonamides is 1. The molecule has 0 spiro atoms. The molecule has 1 fully saturated rings. The van der Waals surface area contributed by atoms with Gasteiger partial charge in [0.25, 0.3) is 0 Å². The van der Waals surface area contributed by atoms with Gasteiger partial charge in [-0.1, -0.05) is 13.8 Å². The van der Waals surface area contributed by atoms with Crippen molar-refractivity contribution in [2.24, 2.45) is 11.7 Å². The van der Waals surface area contributed by atoms with E-state index in [0.29, 0.717) is 19.0 Å². The molecule has 1 rings (SSSR count). The van der Waals surface area contributed by atoms with E-state index in [2.05, 4.69) is 0 Å². The number of nitrogens with zero attached hydrogens (tertiary/aromatic N) is 1. The van der Waals surface area contributed by atoms with Crippen LogP contribution >= 0.6 is 12.4 Å². The summed E-state index contributed by atoms with van der Waals surface area (Å²) in [7, 11) is -3.03. The van der Waals surface area contributed by atoms with E-state index in [1.54, 1.807) is 0 Å². The standard InChI is InChI=1S/C9H20N2O2S.ClH/c1-8(2)4-6-14(12,13)11-5-3-9(10)7-11;/h8-9H,3-7,10H2,1-2H3;1H. The molecular formula is C9H21ClN2O2S. The van der Waals surface area contributed by atoms with E-state index in [1.165, 1.54) is 4.31 Å². The van der Waals surface area contributed by atoms with Crippen molar-refractivity contribution in [1.82, 2.24) is 4.31 Å². The number of rotatable bonds is 4. The fourth-order valence-electron chi connectivity index (χ4n) is 1.52. The van der Waals surface area contributed by atoms with Gasteiger partial charge in [-0.2, -0.15) is 0 Å². The molecule has 4 nitrogen and oxygen atoms in total. The molecule has 0 saturated carbocycles. The minimum atomic E-state index is -3.03. The third-order valence-electron chi connectivity index (χ3n) is 2.53. The molecular weight excluding hydrogens is 236 g/mol. The smallest absolute Gasteiger partial charge is 0.214 e. The average molecular weight is 257 g/mol. The van der Waals surface area contributed by atoms with Crippen LogP contribution in [-0.2, 0) is 10.0 Å². The van der Waals surface area contributed by atoms with Crippen molar-refractivity contribution in [3.05, 3.63) is 0 Å². The van der Waals surface area contributed by atoms with Crippen LogP contribution in [0.25, 0.3) is 0 Å². The molecule has 1 atom stereocenters. The quantitative estimate of drug-likeness (QED) is 0.810. The van der Waals surface area contributed by atoms with Crippen LogP contribution in [-0.4, -0.2) is 37.6 Å². The molecule has 2 N–H and O–H groups in total. The molecule has 0 amide bonds. The van der Waals surface area contributed by atoms with E-state index >= 15 is 0 Å². The van der Waals surface area contributed by atoms with Gasteiger partial charge in [0, 0.05) is 19.1 Å². The van der Waals surface area contributed by atoms with Crippen LogP contribution in [0.5, 0.6) is 0 Å². The second-order valence-electron chi connectivity index (χ2n) is 4.41. The largest absolute Gasteiger partial charge is 0.326 e. The van der Waals surface area contributed by atoms with Crippen molar-refractivity contribution in [3.63, 3.8) is 0 Å². The first-order valence-corrected chi connectivity index (χ1v) is 6.76. The van der Waals surface area contributed by atoms with Crippen molar-refractivity contribution < 1.29 is 8.42 Å². The van der Waals surface area contributed by atoms with Crippen LogP contribution in [0.1, 0.15) is 26.7 Å². The minimum absolute atomic E-state index is 0. The van der Waals surface area contributed by atoms with Gasteiger partial charge in [-0.25, -0.2) is 12.7 Å². The summed E-state index contributed by atoms with van der Waals surface area (Å²) in [5, 5.41) is 0. The molecule has 0 aromatic carbocycles. The Hall–Kier alpha value is 0.160. The maximum atomic E-state index is 11.8. The first-order valence-electron chi connectivity index (χ1n) is 5.15. The Kier molecular flexibility index (Phi) is 6.10. The SMILES string of the molecule is CC(C)CCS(=O)(=O)N1CCC(N)C1.Cl. The van der Waals surface area contributed by atoms with Crippen LogP contribution in [0.15, 0.2) is 0 Å². The molecule has 0 aromatic rings. The first kappa shape index (κ1) is 15.2. The number of hydrogen-bond acceptors (Lipinski definition) is 3. The van der Waals surface area contributed by atoms with Crippen LogP contribution in [0.2, 0.25) is 0 Å². The number of halogens is 1. The summed E-state index contributed by atoms with van der Waals surface area (Å²) in [6, 6.07) is 0.0313. The first-order chi connectivity index (χ1) is 6.42. The normalized spacial score (nSPS) is 23.1. The fourth-order valence-corrected chi connectivity index (χ4v) is 3.35. The zero-order valence-corrected chi connectivity index (χ0v) is 11.0. The Morgan fingerprint density at radius 3 is 2.47 bits per heavy atom. The molecule has 92 valence electrons. The lowest BCUT2D eigenvalue weighted by Gasteiger charge is -2.16. The Labute approximate surface area is 98.7 Å². The molecule has 1 saturated heterocycles. The van der Waals surface area contributed by atoms with Gasteiger partial charge in [0.2, 0.25) is 10.0 Å². The molecule has 0 aromatic heterocycles. The van der Waals surface area contributed by atoms with E-state index in [4.69, 9.17) is 5.73 Å². The van der Waals surface area contributed by atoms with Gasteiger partial charge in [-0.15, -0.1) is 12.4 Å². The molecule has 0 radical (unpaired) electrons. The number of hydrogen-bond donors (Lipinski definition) is 1. The second kappa shape index (κ2) is 6.03. The lowest BCUT2D eigenvalue weighted by Crippen LogP contribution is -2.33. The predicted molar refractivity (Wildman–Crippen MR) is 64.7 cm³/mol. The molecule has 1 aliphatic rings. The lowest BCUT2D eigenvalue weighted by molar-refractivity contribution is 0.466. The van der Waals surface area contributed by atoms with Crippen molar-refractivity contribution in [3.8, 4) is 0 Å². The summed E-state index contributed by atoms with van der Waals surface area (Å²) in [5.74, 6) is 0.693. The van der Waals surface area contributed by atoms with Crippen LogP contribution in [0.4, 0.5) is 0 Å². The van der Waals surface area contributed by atoms with Gasteiger partial charge >= 0.3 is 0 Å². The van der Waals surface area contributed by atoms with Crippen LogP contribution in [0.3, 0.4) is 0 Å². The van der Waals surface area contributed by atoms with Gasteiger partial charge in [-0.05, 0) is 18.8 Å². The summed E-state index contributed by atoms with van der Waals surface area (Å²) in [4.78, 5) is 0. The average Bonchev–Trinajstić information content (AvgIpc) is 2.49. The van der Waals surface area contributed by atoms with Gasteiger partial charge < -0.3 is 5.73 Å². The summed E-state index contributed by atoms with van der Waals surface area (Å²) < 4.78 is 25.0. The van der Waals surface area contributed by atoms with Crippen LogP contribution in [0, 0.1) is 5.92 Å². The Morgan fingerprint density at radius 1 is 1.47 bits per heavy atom. The van der Waals surface area contributed by atoms with E-state index < -0.39 is 10.0 Å². The topological polar surface area (TPSA) is 63.4 Å². The van der Waals surface area contributed by atoms with Gasteiger partial charge in [0.05, 0.1) is 5.75 Å². The Bertz CT molecular complexity index is 280. The molecule has 1 unspecified atom stereocenters. The molecule has 1 aliphatic heterocycles. The third-order valence-corrected chi connectivity index (χ3v) is 4.40. The highest BCUT2D eigenvalue weighted by Crippen LogP contribution is 2.14. The molecule has 1 heterocycles. The van der Waals surface area contributed by atoms with E-state index in [-0.39, 0.29) is 24.2 Å². The highest BCUT2D eigenvalue weighted by atomic mass is 35.5. The highest BCUT2D eigenvalue weighted by molar-refractivity contribution is 7.89. The number of nitrogens with two attached hydrogens (primary N) is 1. The fraction of sp³-hybridized carbons (Fsp3) is 1.00. The zero-order chi connectivity index (χ0) is 10.8. The monoisotopic (exact) mass is 256 g/mol. The Balaban J connectivity index is 0.00000196. The van der Waals surface area contributed by atoms with Crippen LogP contribution < -0.4 is 5.73 Å². The van der Waals surface area contributed by atoms with E-state index in [9.17, 15) is 8.42 Å². The van der Waals surface area contributed by atoms with Crippen molar-refractivity contribution in [2.75, 3.05) is 18.8 Å². The predicted octanol–water partition coefficient (Wildman–Crippen LogP) is 0.817. The summed E-state index contributed by atoms with van der Waals surface area (Å²) >= 11 is 0. The lowest BCUT2D eigenvalue weighted by atomic mass is 10.2. The van der Waals surface area contributed by atoms with Gasteiger partial charge in [0.1, 0.15) is 0 Å². The molecule has 6 heteroatoms. The van der Waals surface area contributed by atoms with Crippen molar-refractivity contribution in [2.45, 2.75) is 32.7 Å². The molecule has 0 aliphatic carbocycles. The van der Waals surface area contributed by atoms with Gasteiger partial charge in [-0.3, -0.25) is 0 Å². The van der Waals surface area contributed by atoms with E-state index in [0.717, 1.165) is 12.8 Å². The summed E-state index contributed by atoms with van der Waals surface area (Å²) in [6.45, 7) is 5.17. The Morgan fingerprint density at radius 2 is 2.07 bits per heavy atom. The second-order valence-corrected chi connectivity index (χ2v) is 6.49. The minimum Gasteiger partial charge on any atom is -0.326 e. The maximum absolute atomic E-state index is 11.8. The van der Waals surface area contributed by atoms with Gasteiger partial charge in [0.15, 0.2) is 0 Å². The third kappa shape index (κ3) is 4.68. The summed E-state index contributed by atoms with van der Waals surface area (Å²) in [6.07, 6.45) is 1.52. The van der Waals surface area contributed by atoms with E-state index in [1.807, 2.05) is 13.8 Å². The molecule has 0 bridgehead atoms. The highest BCUT2D eigenvalue weighted by Gasteiger charge is 2.28. The summed E-state index contributed by atoms with van der Waals surface area (Å²) in [5.41, 5.74) is 5.67. The maximum Gasteiger partial charge on any atom is 0.214 e. The van der Waals surface area contributed by atoms with Crippen molar-refractivity contribution >= 4 is 22.4 Å². The zero-order valence-electron chi connectivity index (χ0n) is 9.35. The molecule has 15 heavy (non-hydrogen) atoms. The van der Waals surface area contributed by atoms with Crippen molar-refractivity contribution in [1.29, 1.82) is 0 Å².